The summed E-state index contributed by atoms with van der Waals surface area (Å²) in [6, 6.07) is 3.54. The number of nitro benzene ring substituents is 1. The number of nitrogens with zero attached hydrogens (tertiary/aromatic N) is 1. The normalized spacial score (nSPS) is 23.0. The fraction of sp³-hybridized carbons (Fsp3) is 0.500. The summed E-state index contributed by atoms with van der Waals surface area (Å²) >= 11 is 5.88. The topological polar surface area (TPSA) is 101 Å². The summed E-state index contributed by atoms with van der Waals surface area (Å²) in [5, 5.41) is 14.0. The largest absolute Gasteiger partial charge is 0.316 e. The Morgan fingerprint density at radius 2 is 2.19 bits per heavy atom. The van der Waals surface area contributed by atoms with Crippen LogP contribution in [0.25, 0.3) is 0 Å². The molecular weight excluding hydrogens is 318 g/mol. The van der Waals surface area contributed by atoms with Gasteiger partial charge in [0.1, 0.15) is 0 Å². The van der Waals surface area contributed by atoms with Crippen LogP contribution in [0.15, 0.2) is 23.1 Å². The number of nitro groups is 1. The molecule has 1 fully saturated rings. The quantitative estimate of drug-likeness (QED) is 0.642. The van der Waals surface area contributed by atoms with E-state index in [1.807, 2.05) is 6.92 Å². The van der Waals surface area contributed by atoms with Crippen LogP contribution >= 0.6 is 11.6 Å². The molecule has 1 aliphatic rings. The highest BCUT2D eigenvalue weighted by molar-refractivity contribution is 7.89. The third-order valence-electron chi connectivity index (χ3n) is 3.50. The molecule has 2 atom stereocenters. The molecule has 0 bridgehead atoms. The minimum Gasteiger partial charge on any atom is -0.316 e. The van der Waals surface area contributed by atoms with Crippen LogP contribution in [0.5, 0.6) is 0 Å². The Balaban J connectivity index is 2.38. The van der Waals surface area contributed by atoms with Gasteiger partial charge in [-0.15, -0.1) is 0 Å². The number of sulfonamides is 1. The third kappa shape index (κ3) is 3.52. The van der Waals surface area contributed by atoms with Gasteiger partial charge in [-0.2, -0.15) is 0 Å². The van der Waals surface area contributed by atoms with Crippen LogP contribution < -0.4 is 10.0 Å². The molecule has 21 heavy (non-hydrogen) atoms. The van der Waals surface area contributed by atoms with Gasteiger partial charge in [-0.05, 0) is 31.5 Å². The summed E-state index contributed by atoms with van der Waals surface area (Å²) in [5.74, 6) is 0.0927. The lowest BCUT2D eigenvalue weighted by molar-refractivity contribution is -0.387. The number of nitrogens with one attached hydrogen (secondary N) is 2. The number of piperidine rings is 1. The summed E-state index contributed by atoms with van der Waals surface area (Å²) in [6.07, 6.45) is 0.624. The van der Waals surface area contributed by atoms with Crippen LogP contribution in [-0.4, -0.2) is 32.5 Å². The van der Waals surface area contributed by atoms with Crippen molar-refractivity contribution < 1.29 is 13.3 Å². The maximum Gasteiger partial charge on any atom is 0.290 e. The average molecular weight is 334 g/mol. The van der Waals surface area contributed by atoms with Gasteiger partial charge in [0.05, 0.1) is 9.95 Å². The summed E-state index contributed by atoms with van der Waals surface area (Å²) in [4.78, 5) is 9.81. The van der Waals surface area contributed by atoms with Crippen molar-refractivity contribution in [2.24, 2.45) is 5.92 Å². The molecule has 2 rings (SSSR count). The monoisotopic (exact) mass is 333 g/mol. The number of hydrogen-bond donors (Lipinski definition) is 2. The van der Waals surface area contributed by atoms with Gasteiger partial charge in [0.15, 0.2) is 4.90 Å². The first-order valence-electron chi connectivity index (χ1n) is 6.49. The summed E-state index contributed by atoms with van der Waals surface area (Å²) in [7, 11) is -4.05. The van der Waals surface area contributed by atoms with E-state index in [1.54, 1.807) is 0 Å². The van der Waals surface area contributed by atoms with Crippen LogP contribution in [0.2, 0.25) is 5.02 Å². The minimum atomic E-state index is -4.05. The van der Waals surface area contributed by atoms with Gasteiger partial charge in [-0.1, -0.05) is 24.6 Å². The lowest BCUT2D eigenvalue weighted by Gasteiger charge is -2.29. The van der Waals surface area contributed by atoms with Crippen LogP contribution in [0.4, 0.5) is 5.69 Å². The van der Waals surface area contributed by atoms with E-state index in [1.165, 1.54) is 12.1 Å². The molecular formula is C12H16ClN3O4S. The summed E-state index contributed by atoms with van der Waals surface area (Å²) < 4.78 is 27.5. The SMILES string of the molecule is CC1CNCCC1NS(=O)(=O)c1c(Cl)cccc1[N+](=O)[O-]. The molecule has 0 radical (unpaired) electrons. The summed E-state index contributed by atoms with van der Waals surface area (Å²) in [6.45, 7) is 3.31. The predicted octanol–water partition coefficient (Wildman–Crippen LogP) is 1.52. The highest BCUT2D eigenvalue weighted by atomic mass is 35.5. The maximum atomic E-state index is 12.5. The third-order valence-corrected chi connectivity index (χ3v) is 5.51. The average Bonchev–Trinajstić information content (AvgIpc) is 2.40. The Morgan fingerprint density at radius 1 is 1.48 bits per heavy atom. The second-order valence-corrected chi connectivity index (χ2v) is 7.10. The Labute approximate surface area is 127 Å². The predicted molar refractivity (Wildman–Crippen MR) is 78.9 cm³/mol. The molecule has 1 aliphatic heterocycles. The van der Waals surface area contributed by atoms with E-state index < -0.39 is 25.5 Å². The van der Waals surface area contributed by atoms with Gasteiger partial charge in [0, 0.05) is 12.1 Å². The van der Waals surface area contributed by atoms with Gasteiger partial charge in [-0.25, -0.2) is 13.1 Å². The molecule has 1 aromatic carbocycles. The molecule has 0 spiro atoms. The van der Waals surface area contributed by atoms with Gasteiger partial charge < -0.3 is 5.32 Å². The Kier molecular flexibility index (Phi) is 4.82. The van der Waals surface area contributed by atoms with Crippen molar-refractivity contribution in [3.05, 3.63) is 33.3 Å². The molecule has 7 nitrogen and oxygen atoms in total. The van der Waals surface area contributed by atoms with Crippen LogP contribution in [0, 0.1) is 16.0 Å². The zero-order valence-corrected chi connectivity index (χ0v) is 12.9. The first-order chi connectivity index (χ1) is 9.83. The molecule has 0 aliphatic carbocycles. The van der Waals surface area contributed by atoms with Crippen molar-refractivity contribution in [3.8, 4) is 0 Å². The van der Waals surface area contributed by atoms with Crippen molar-refractivity contribution in [2.75, 3.05) is 13.1 Å². The van der Waals surface area contributed by atoms with Crippen LogP contribution in [-0.2, 0) is 10.0 Å². The van der Waals surface area contributed by atoms with Gasteiger partial charge in [0.25, 0.3) is 5.69 Å². The molecule has 0 aromatic heterocycles. The zero-order chi connectivity index (χ0) is 15.6. The molecule has 116 valence electrons. The molecule has 1 saturated heterocycles. The number of benzene rings is 1. The fourth-order valence-corrected chi connectivity index (χ4v) is 4.44. The Hall–Kier alpha value is -1.22. The molecule has 9 heteroatoms. The van der Waals surface area contributed by atoms with Crippen LogP contribution in [0.3, 0.4) is 0 Å². The van der Waals surface area contributed by atoms with Crippen molar-refractivity contribution in [1.82, 2.24) is 10.0 Å². The van der Waals surface area contributed by atoms with E-state index in [2.05, 4.69) is 10.0 Å². The number of hydrogen-bond acceptors (Lipinski definition) is 5. The van der Waals surface area contributed by atoms with Crippen molar-refractivity contribution >= 4 is 27.3 Å². The smallest absolute Gasteiger partial charge is 0.290 e. The number of rotatable bonds is 4. The second-order valence-electron chi connectivity index (χ2n) is 5.04. The maximum absolute atomic E-state index is 12.5. The first kappa shape index (κ1) is 16.2. The molecule has 2 N–H and O–H groups in total. The van der Waals surface area contributed by atoms with Crippen LogP contribution in [0.1, 0.15) is 13.3 Å². The van der Waals surface area contributed by atoms with E-state index in [0.29, 0.717) is 19.5 Å². The Bertz CT molecular complexity index is 650. The van der Waals surface area contributed by atoms with Crippen molar-refractivity contribution in [2.45, 2.75) is 24.3 Å². The lowest BCUT2D eigenvalue weighted by Crippen LogP contribution is -2.48. The summed E-state index contributed by atoms with van der Waals surface area (Å²) in [5.41, 5.74) is -0.517. The Morgan fingerprint density at radius 3 is 2.81 bits per heavy atom. The van der Waals surface area contributed by atoms with E-state index >= 15 is 0 Å². The molecule has 0 amide bonds. The lowest BCUT2D eigenvalue weighted by atomic mass is 9.97. The minimum absolute atomic E-state index is 0.0927. The van der Waals surface area contributed by atoms with E-state index in [4.69, 9.17) is 11.6 Å². The standard InChI is InChI=1S/C12H16ClN3O4S/c1-8-7-14-6-5-10(8)15-21(19,20)12-9(13)3-2-4-11(12)16(17)18/h2-4,8,10,14-15H,5-7H2,1H3. The molecule has 1 aromatic rings. The second kappa shape index (κ2) is 6.27. The zero-order valence-electron chi connectivity index (χ0n) is 11.4. The first-order valence-corrected chi connectivity index (χ1v) is 8.35. The molecule has 1 heterocycles. The molecule has 0 saturated carbocycles. The van der Waals surface area contributed by atoms with Crippen molar-refractivity contribution in [1.29, 1.82) is 0 Å². The van der Waals surface area contributed by atoms with Gasteiger partial charge >= 0.3 is 0 Å². The van der Waals surface area contributed by atoms with Gasteiger partial charge in [0.2, 0.25) is 10.0 Å². The number of halogens is 1. The van der Waals surface area contributed by atoms with E-state index in [-0.39, 0.29) is 17.0 Å². The highest BCUT2D eigenvalue weighted by Gasteiger charge is 2.33. The van der Waals surface area contributed by atoms with Crippen molar-refractivity contribution in [3.63, 3.8) is 0 Å². The van der Waals surface area contributed by atoms with Gasteiger partial charge in [-0.3, -0.25) is 10.1 Å². The van der Waals surface area contributed by atoms with E-state index in [9.17, 15) is 18.5 Å². The van der Waals surface area contributed by atoms with E-state index in [0.717, 1.165) is 6.07 Å². The fourth-order valence-electron chi connectivity index (χ4n) is 2.35. The highest BCUT2D eigenvalue weighted by Crippen LogP contribution is 2.31. The molecule has 2 unspecified atom stereocenters.